The fourth-order valence-electron chi connectivity index (χ4n) is 0.913. The van der Waals surface area contributed by atoms with Crippen molar-refractivity contribution in [2.24, 2.45) is 0 Å². The second-order valence-electron chi connectivity index (χ2n) is 2.14. The quantitative estimate of drug-likeness (QED) is 0.545. The Morgan fingerprint density at radius 2 is 2.00 bits per heavy atom. The smallest absolute Gasteiger partial charge is 0.246 e. The van der Waals surface area contributed by atoms with Gasteiger partial charge >= 0.3 is 0 Å². The monoisotopic (exact) mass is 177 g/mol. The summed E-state index contributed by atoms with van der Waals surface area (Å²) >= 11 is 0. The van der Waals surface area contributed by atoms with Crippen molar-refractivity contribution in [1.29, 1.82) is 0 Å². The van der Waals surface area contributed by atoms with Gasteiger partial charge < -0.3 is 9.64 Å². The largest absolute Gasteiger partial charge is 0.378 e. The molecule has 1 fully saturated rings. The molecule has 11 heavy (non-hydrogen) atoms. The van der Waals surface area contributed by atoms with Crippen LogP contribution in [-0.2, 0) is 9.53 Å². The van der Waals surface area contributed by atoms with Crippen LogP contribution in [0.25, 0.3) is 0 Å². The molecule has 0 N–H and O–H groups in total. The lowest BCUT2D eigenvalue weighted by atomic mass is 10.4. The van der Waals surface area contributed by atoms with Crippen LogP contribution in [0.2, 0.25) is 0 Å². The summed E-state index contributed by atoms with van der Waals surface area (Å²) in [5.41, 5.74) is 0. The molecule has 1 saturated heterocycles. The van der Waals surface area contributed by atoms with Gasteiger partial charge in [-0.1, -0.05) is 6.58 Å². The SMILES string of the molecule is C=CC(=O)N1CCOCC1.Cl. The van der Waals surface area contributed by atoms with Gasteiger partial charge in [0.05, 0.1) is 13.2 Å². The van der Waals surface area contributed by atoms with Gasteiger partial charge in [-0.25, -0.2) is 0 Å². The van der Waals surface area contributed by atoms with E-state index in [0.29, 0.717) is 26.3 Å². The topological polar surface area (TPSA) is 29.5 Å². The Hall–Kier alpha value is -0.540. The molecule has 1 aliphatic rings. The summed E-state index contributed by atoms with van der Waals surface area (Å²) in [7, 11) is 0. The molecule has 0 radical (unpaired) electrons. The Labute approximate surface area is 72.4 Å². The van der Waals surface area contributed by atoms with Gasteiger partial charge in [0.2, 0.25) is 5.91 Å². The first kappa shape index (κ1) is 10.5. The fourth-order valence-corrected chi connectivity index (χ4v) is 0.913. The lowest BCUT2D eigenvalue weighted by Gasteiger charge is -2.25. The molecule has 1 aliphatic heterocycles. The number of nitrogens with zero attached hydrogens (tertiary/aromatic N) is 1. The molecule has 1 heterocycles. The van der Waals surface area contributed by atoms with Gasteiger partial charge in [0.15, 0.2) is 0 Å². The summed E-state index contributed by atoms with van der Waals surface area (Å²) in [6.07, 6.45) is 1.34. The Bertz CT molecular complexity index is 143. The predicted octanol–water partition coefficient (Wildman–Crippen LogP) is 0.453. The molecule has 0 aromatic heterocycles. The van der Waals surface area contributed by atoms with Crippen molar-refractivity contribution in [3.63, 3.8) is 0 Å². The molecule has 0 saturated carbocycles. The minimum Gasteiger partial charge on any atom is -0.378 e. The maximum Gasteiger partial charge on any atom is 0.246 e. The van der Waals surface area contributed by atoms with Crippen LogP contribution in [0.4, 0.5) is 0 Å². The molecule has 0 aromatic carbocycles. The lowest BCUT2D eigenvalue weighted by molar-refractivity contribution is -0.129. The van der Waals surface area contributed by atoms with Crippen molar-refractivity contribution >= 4 is 18.3 Å². The van der Waals surface area contributed by atoms with Crippen LogP contribution in [0, 0.1) is 0 Å². The van der Waals surface area contributed by atoms with Crippen LogP contribution < -0.4 is 0 Å². The maximum absolute atomic E-state index is 10.9. The molecule has 1 rings (SSSR count). The van der Waals surface area contributed by atoms with Crippen LogP contribution in [-0.4, -0.2) is 37.1 Å². The molecule has 0 spiro atoms. The van der Waals surface area contributed by atoms with Crippen molar-refractivity contribution in [3.8, 4) is 0 Å². The lowest BCUT2D eigenvalue weighted by Crippen LogP contribution is -2.39. The van der Waals surface area contributed by atoms with E-state index in [0.717, 1.165) is 0 Å². The number of hydrogen-bond donors (Lipinski definition) is 0. The first-order chi connectivity index (χ1) is 4.84. The van der Waals surface area contributed by atoms with Crippen LogP contribution in [0.15, 0.2) is 12.7 Å². The number of carbonyl (C=O) groups excluding carboxylic acids is 1. The summed E-state index contributed by atoms with van der Waals surface area (Å²) in [5.74, 6) is 0.00306. The highest BCUT2D eigenvalue weighted by Crippen LogP contribution is 1.96. The molecular weight excluding hydrogens is 166 g/mol. The van der Waals surface area contributed by atoms with Crippen molar-refractivity contribution in [2.45, 2.75) is 0 Å². The minimum atomic E-state index is 0. The number of carbonyl (C=O) groups is 1. The molecule has 0 aromatic rings. The highest BCUT2D eigenvalue weighted by Gasteiger charge is 2.12. The number of ether oxygens (including phenoxy) is 1. The highest BCUT2D eigenvalue weighted by atomic mass is 35.5. The highest BCUT2D eigenvalue weighted by molar-refractivity contribution is 5.87. The molecule has 0 aliphatic carbocycles. The van der Waals surface area contributed by atoms with E-state index in [1.165, 1.54) is 6.08 Å². The first-order valence-electron chi connectivity index (χ1n) is 3.33. The summed E-state index contributed by atoms with van der Waals surface area (Å²) in [6, 6.07) is 0. The van der Waals surface area contributed by atoms with E-state index in [1.807, 2.05) is 0 Å². The van der Waals surface area contributed by atoms with Crippen LogP contribution in [0.5, 0.6) is 0 Å². The summed E-state index contributed by atoms with van der Waals surface area (Å²) in [4.78, 5) is 12.7. The molecule has 0 atom stereocenters. The standard InChI is InChI=1S/C7H11NO2.ClH/c1-2-7(9)8-3-5-10-6-4-8;/h2H,1,3-6H2;1H. The number of rotatable bonds is 1. The molecule has 0 bridgehead atoms. The zero-order chi connectivity index (χ0) is 7.40. The van der Waals surface area contributed by atoms with Crippen LogP contribution >= 0.6 is 12.4 Å². The van der Waals surface area contributed by atoms with Crippen molar-refractivity contribution in [2.75, 3.05) is 26.3 Å². The molecular formula is C7H12ClNO2. The third-order valence-electron chi connectivity index (χ3n) is 1.50. The average Bonchev–Trinajstić information content (AvgIpc) is 2.05. The normalized spacial score (nSPS) is 16.9. The number of halogens is 1. The molecule has 0 unspecified atom stereocenters. The van der Waals surface area contributed by atoms with E-state index in [-0.39, 0.29) is 18.3 Å². The van der Waals surface area contributed by atoms with Crippen molar-refractivity contribution in [1.82, 2.24) is 4.90 Å². The average molecular weight is 178 g/mol. The zero-order valence-electron chi connectivity index (χ0n) is 6.28. The third-order valence-corrected chi connectivity index (χ3v) is 1.50. The number of amides is 1. The van der Waals surface area contributed by atoms with E-state index in [1.54, 1.807) is 4.90 Å². The number of hydrogen-bond acceptors (Lipinski definition) is 2. The second-order valence-corrected chi connectivity index (χ2v) is 2.14. The summed E-state index contributed by atoms with van der Waals surface area (Å²) in [5, 5.41) is 0. The van der Waals surface area contributed by atoms with E-state index in [9.17, 15) is 4.79 Å². The molecule has 64 valence electrons. The second kappa shape index (κ2) is 5.16. The van der Waals surface area contributed by atoms with Gasteiger partial charge in [0.25, 0.3) is 0 Å². The van der Waals surface area contributed by atoms with Gasteiger partial charge in [-0.05, 0) is 6.08 Å². The number of morpholine rings is 1. The fraction of sp³-hybridized carbons (Fsp3) is 0.571. The molecule has 4 heteroatoms. The summed E-state index contributed by atoms with van der Waals surface area (Å²) in [6.45, 7) is 6.11. The minimum absolute atomic E-state index is 0. The van der Waals surface area contributed by atoms with Gasteiger partial charge in [-0.15, -0.1) is 12.4 Å². The first-order valence-corrected chi connectivity index (χ1v) is 3.33. The van der Waals surface area contributed by atoms with E-state index >= 15 is 0 Å². The van der Waals surface area contributed by atoms with Gasteiger partial charge in [-0.3, -0.25) is 4.79 Å². The van der Waals surface area contributed by atoms with Crippen molar-refractivity contribution in [3.05, 3.63) is 12.7 Å². The zero-order valence-corrected chi connectivity index (χ0v) is 7.10. The Morgan fingerprint density at radius 3 is 2.45 bits per heavy atom. The third kappa shape index (κ3) is 2.91. The van der Waals surface area contributed by atoms with Crippen LogP contribution in [0.3, 0.4) is 0 Å². The van der Waals surface area contributed by atoms with Crippen molar-refractivity contribution < 1.29 is 9.53 Å². The Balaban J connectivity index is 0.000001000. The van der Waals surface area contributed by atoms with Crippen LogP contribution in [0.1, 0.15) is 0 Å². The van der Waals surface area contributed by atoms with E-state index in [2.05, 4.69) is 6.58 Å². The van der Waals surface area contributed by atoms with E-state index < -0.39 is 0 Å². The maximum atomic E-state index is 10.9. The Kier molecular flexibility index (Phi) is 4.90. The molecule has 3 nitrogen and oxygen atoms in total. The van der Waals surface area contributed by atoms with Gasteiger partial charge in [0.1, 0.15) is 0 Å². The Morgan fingerprint density at radius 1 is 1.45 bits per heavy atom. The molecule has 1 amide bonds. The van der Waals surface area contributed by atoms with E-state index in [4.69, 9.17) is 4.74 Å². The predicted molar refractivity (Wildman–Crippen MR) is 44.8 cm³/mol. The van der Waals surface area contributed by atoms with Gasteiger partial charge in [-0.2, -0.15) is 0 Å². The van der Waals surface area contributed by atoms with Gasteiger partial charge in [0, 0.05) is 13.1 Å². The summed E-state index contributed by atoms with van der Waals surface area (Å²) < 4.78 is 5.07.